The van der Waals surface area contributed by atoms with Gasteiger partial charge in [0.05, 0.1) is 0 Å². The van der Waals surface area contributed by atoms with Crippen LogP contribution in [-0.4, -0.2) is 15.6 Å². The van der Waals surface area contributed by atoms with Gasteiger partial charge in [0.25, 0.3) is 0 Å². The highest BCUT2D eigenvalue weighted by atomic mass is 79.9. The zero-order valence-electron chi connectivity index (χ0n) is 9.15. The van der Waals surface area contributed by atoms with Gasteiger partial charge in [0.1, 0.15) is 11.5 Å². The number of Topliss-reactive ketones (excluding diaryl/α,β-unsaturated/α-hetero) is 1. The van der Waals surface area contributed by atoms with Crippen molar-refractivity contribution < 1.29 is 9.18 Å². The molecule has 0 saturated carbocycles. The number of ketones is 1. The number of hydrogen-bond acceptors (Lipinski definition) is 2. The molecule has 0 amide bonds. The molecule has 0 fully saturated rings. The minimum atomic E-state index is -0.386. The summed E-state index contributed by atoms with van der Waals surface area (Å²) in [6.45, 7) is 0. The molecule has 5 heteroatoms. The maximum atomic E-state index is 13.5. The Hall–Kier alpha value is -1.49. The number of aromatic nitrogens is 2. The van der Waals surface area contributed by atoms with Gasteiger partial charge in [0.15, 0.2) is 5.78 Å². The average Bonchev–Trinajstić information content (AvgIpc) is 2.69. The number of aryl methyl sites for hydroxylation is 1. The largest absolute Gasteiger partial charge is 0.292 e. The topological polar surface area (TPSA) is 34.9 Å². The van der Waals surface area contributed by atoms with Crippen LogP contribution < -0.4 is 0 Å². The molecular formula is C12H10BrFN2O. The molecule has 0 unspecified atom stereocenters. The highest BCUT2D eigenvalue weighted by Gasteiger charge is 2.12. The number of rotatable bonds is 3. The predicted molar refractivity (Wildman–Crippen MR) is 65.3 cm³/mol. The van der Waals surface area contributed by atoms with Crippen LogP contribution in [0.1, 0.15) is 16.1 Å². The normalized spacial score (nSPS) is 10.5. The van der Waals surface area contributed by atoms with E-state index in [0.717, 1.165) is 0 Å². The molecule has 1 aromatic carbocycles. The third-order valence-electron chi connectivity index (χ3n) is 2.37. The van der Waals surface area contributed by atoms with Crippen molar-refractivity contribution in [3.63, 3.8) is 0 Å². The van der Waals surface area contributed by atoms with E-state index in [1.54, 1.807) is 36.1 Å². The Kier molecular flexibility index (Phi) is 3.38. The Labute approximate surface area is 106 Å². The second-order valence-electron chi connectivity index (χ2n) is 3.71. The molecule has 0 saturated heterocycles. The summed E-state index contributed by atoms with van der Waals surface area (Å²) >= 11 is 3.17. The van der Waals surface area contributed by atoms with Gasteiger partial charge >= 0.3 is 0 Å². The second-order valence-corrected chi connectivity index (χ2v) is 4.63. The zero-order valence-corrected chi connectivity index (χ0v) is 10.7. The van der Waals surface area contributed by atoms with E-state index in [1.807, 2.05) is 0 Å². The van der Waals surface area contributed by atoms with E-state index in [-0.39, 0.29) is 18.0 Å². The molecule has 3 nitrogen and oxygen atoms in total. The Morgan fingerprint density at radius 2 is 2.24 bits per heavy atom. The average molecular weight is 297 g/mol. The van der Waals surface area contributed by atoms with Gasteiger partial charge in [-0.2, -0.15) is 5.10 Å². The molecule has 0 aliphatic heterocycles. The summed E-state index contributed by atoms with van der Waals surface area (Å²) in [6, 6.07) is 6.28. The van der Waals surface area contributed by atoms with Gasteiger partial charge in [-0.15, -0.1) is 0 Å². The standard InChI is InChI=1S/C12H10BrFN2O/c1-16-5-4-11(15-16)12(17)6-8-2-3-9(13)7-10(8)14/h2-5,7H,6H2,1H3. The van der Waals surface area contributed by atoms with Crippen molar-refractivity contribution in [2.24, 2.45) is 7.05 Å². The number of halogens is 2. The molecule has 2 aromatic rings. The van der Waals surface area contributed by atoms with Crippen LogP contribution in [0.3, 0.4) is 0 Å². The first kappa shape index (κ1) is 12.0. The number of benzene rings is 1. The Morgan fingerprint density at radius 1 is 1.47 bits per heavy atom. The highest BCUT2D eigenvalue weighted by molar-refractivity contribution is 9.10. The van der Waals surface area contributed by atoms with Gasteiger partial charge in [0.2, 0.25) is 0 Å². The van der Waals surface area contributed by atoms with Gasteiger partial charge < -0.3 is 0 Å². The van der Waals surface area contributed by atoms with Gasteiger partial charge in [0, 0.05) is 24.1 Å². The highest BCUT2D eigenvalue weighted by Crippen LogP contribution is 2.16. The lowest BCUT2D eigenvalue weighted by Gasteiger charge is -2.01. The number of hydrogen-bond donors (Lipinski definition) is 0. The lowest BCUT2D eigenvalue weighted by atomic mass is 10.1. The van der Waals surface area contributed by atoms with Crippen LogP contribution in [0.5, 0.6) is 0 Å². The Balaban J connectivity index is 2.18. The lowest BCUT2D eigenvalue weighted by Crippen LogP contribution is -2.06. The van der Waals surface area contributed by atoms with Crippen molar-refractivity contribution in [1.82, 2.24) is 9.78 Å². The summed E-state index contributed by atoms with van der Waals surface area (Å²) in [7, 11) is 1.73. The molecule has 0 bridgehead atoms. The van der Waals surface area contributed by atoms with Crippen molar-refractivity contribution >= 4 is 21.7 Å². The first-order chi connectivity index (χ1) is 8.06. The summed E-state index contributed by atoms with van der Waals surface area (Å²) in [5.74, 6) is -0.574. The maximum absolute atomic E-state index is 13.5. The molecule has 2 rings (SSSR count). The van der Waals surface area contributed by atoms with Crippen LogP contribution in [-0.2, 0) is 13.5 Å². The van der Waals surface area contributed by atoms with Crippen molar-refractivity contribution in [3.8, 4) is 0 Å². The maximum Gasteiger partial charge on any atom is 0.187 e. The van der Waals surface area contributed by atoms with Crippen molar-refractivity contribution in [2.75, 3.05) is 0 Å². The summed E-state index contributed by atoms with van der Waals surface area (Å²) in [6.07, 6.45) is 1.71. The molecule has 0 N–H and O–H groups in total. The fraction of sp³-hybridized carbons (Fsp3) is 0.167. The van der Waals surface area contributed by atoms with E-state index < -0.39 is 0 Å². The summed E-state index contributed by atoms with van der Waals surface area (Å²) in [4.78, 5) is 11.8. The number of carbonyl (C=O) groups is 1. The van der Waals surface area contributed by atoms with Crippen molar-refractivity contribution in [1.29, 1.82) is 0 Å². The van der Waals surface area contributed by atoms with E-state index in [1.165, 1.54) is 6.07 Å². The molecule has 17 heavy (non-hydrogen) atoms. The van der Waals surface area contributed by atoms with Gasteiger partial charge in [-0.05, 0) is 23.8 Å². The van der Waals surface area contributed by atoms with Crippen molar-refractivity contribution in [3.05, 3.63) is 52.0 Å². The van der Waals surface area contributed by atoms with Crippen LogP contribution in [0.4, 0.5) is 4.39 Å². The lowest BCUT2D eigenvalue weighted by molar-refractivity contribution is 0.0986. The summed E-state index contributed by atoms with van der Waals surface area (Å²) in [5.41, 5.74) is 0.735. The Morgan fingerprint density at radius 3 is 2.82 bits per heavy atom. The molecule has 0 aliphatic rings. The van der Waals surface area contributed by atoms with Crippen LogP contribution >= 0.6 is 15.9 Å². The van der Waals surface area contributed by atoms with Gasteiger partial charge in [-0.25, -0.2) is 4.39 Å². The summed E-state index contributed by atoms with van der Waals surface area (Å²) in [5, 5.41) is 3.99. The van der Waals surface area contributed by atoms with Gasteiger partial charge in [-0.3, -0.25) is 9.48 Å². The van der Waals surface area contributed by atoms with Crippen LogP contribution in [0.15, 0.2) is 34.9 Å². The molecule has 1 aromatic heterocycles. The monoisotopic (exact) mass is 296 g/mol. The van der Waals surface area contributed by atoms with E-state index in [4.69, 9.17) is 0 Å². The molecule has 0 spiro atoms. The fourth-order valence-corrected chi connectivity index (χ4v) is 1.83. The van der Waals surface area contributed by atoms with E-state index in [2.05, 4.69) is 21.0 Å². The summed E-state index contributed by atoms with van der Waals surface area (Å²) < 4.78 is 15.7. The smallest absolute Gasteiger partial charge is 0.187 e. The first-order valence-electron chi connectivity index (χ1n) is 5.03. The number of carbonyl (C=O) groups excluding carboxylic acids is 1. The number of nitrogens with zero attached hydrogens (tertiary/aromatic N) is 2. The molecule has 0 aliphatic carbocycles. The van der Waals surface area contributed by atoms with Crippen LogP contribution in [0.2, 0.25) is 0 Å². The molecule has 88 valence electrons. The quantitative estimate of drug-likeness (QED) is 0.817. The second kappa shape index (κ2) is 4.79. The first-order valence-corrected chi connectivity index (χ1v) is 5.82. The van der Waals surface area contributed by atoms with Crippen molar-refractivity contribution in [2.45, 2.75) is 6.42 Å². The molecule has 0 radical (unpaired) electrons. The Bertz CT molecular complexity index is 565. The van der Waals surface area contributed by atoms with Crippen LogP contribution in [0, 0.1) is 5.82 Å². The van der Waals surface area contributed by atoms with E-state index in [0.29, 0.717) is 15.7 Å². The minimum absolute atomic E-state index is 0.0239. The zero-order chi connectivity index (χ0) is 12.4. The van der Waals surface area contributed by atoms with E-state index in [9.17, 15) is 9.18 Å². The minimum Gasteiger partial charge on any atom is -0.292 e. The van der Waals surface area contributed by atoms with E-state index >= 15 is 0 Å². The van der Waals surface area contributed by atoms with Crippen LogP contribution in [0.25, 0.3) is 0 Å². The fourth-order valence-electron chi connectivity index (χ4n) is 1.49. The molecular weight excluding hydrogens is 287 g/mol. The van der Waals surface area contributed by atoms with Gasteiger partial charge in [-0.1, -0.05) is 22.0 Å². The third kappa shape index (κ3) is 2.79. The third-order valence-corrected chi connectivity index (χ3v) is 2.86. The molecule has 0 atom stereocenters. The predicted octanol–water partition coefficient (Wildman–Crippen LogP) is 2.75. The molecule has 1 heterocycles. The SMILES string of the molecule is Cn1ccc(C(=O)Cc2ccc(Br)cc2F)n1.